The molecule has 0 amide bonds. The Bertz CT molecular complexity index is 822. The Morgan fingerprint density at radius 2 is 1.92 bits per heavy atom. The molecule has 26 heavy (non-hydrogen) atoms. The van der Waals surface area contributed by atoms with Crippen molar-refractivity contribution in [3.05, 3.63) is 45.3 Å². The predicted octanol–water partition coefficient (Wildman–Crippen LogP) is 4.70. The van der Waals surface area contributed by atoms with Gasteiger partial charge in [-0.1, -0.05) is 28.4 Å². The van der Waals surface area contributed by atoms with Gasteiger partial charge in [0.05, 0.1) is 10.0 Å². The fourth-order valence-electron chi connectivity index (χ4n) is 1.91. The molecule has 0 saturated heterocycles. The van der Waals surface area contributed by atoms with E-state index < -0.39 is 17.7 Å². The van der Waals surface area contributed by atoms with E-state index >= 15 is 0 Å². The van der Waals surface area contributed by atoms with Gasteiger partial charge in [0.1, 0.15) is 24.7 Å². The lowest BCUT2D eigenvalue weighted by atomic mass is 10.1. The van der Waals surface area contributed by atoms with Crippen LogP contribution in [-0.2, 0) is 18.1 Å². The van der Waals surface area contributed by atoms with E-state index in [1.165, 1.54) is 13.1 Å². The van der Waals surface area contributed by atoms with E-state index in [1.54, 1.807) is 6.92 Å². The normalized spacial score (nSPS) is 12.4. The molecule has 2 aromatic rings. The number of nitrogens with zero attached hydrogens (tertiary/aromatic N) is 3. The predicted molar refractivity (Wildman–Crippen MR) is 88.3 cm³/mol. The fourth-order valence-corrected chi connectivity index (χ4v) is 2.40. The number of rotatable bonds is 6. The third-order valence-corrected chi connectivity index (χ3v) is 3.71. The van der Waals surface area contributed by atoms with Gasteiger partial charge in [0, 0.05) is 18.7 Å². The molecule has 142 valence electrons. The largest absolute Gasteiger partial charge is 0.471 e. The number of aryl methyl sites for hydroxylation is 1. The van der Waals surface area contributed by atoms with Crippen LogP contribution in [0.15, 0.2) is 23.4 Å². The number of halogens is 6. The Morgan fingerprint density at radius 3 is 2.50 bits per heavy atom. The Hall–Kier alpha value is -2.00. The van der Waals surface area contributed by atoms with Crippen molar-refractivity contribution in [3.63, 3.8) is 0 Å². The van der Waals surface area contributed by atoms with Gasteiger partial charge in [0.25, 0.3) is 0 Å². The second-order valence-corrected chi connectivity index (χ2v) is 5.79. The SMILES string of the molecule is CCO/N=C(\COc1cc(C(F)(F)F)nn1C)c1cc(F)c(Cl)cc1Cl. The summed E-state index contributed by atoms with van der Waals surface area (Å²) in [5.41, 5.74) is -0.892. The summed E-state index contributed by atoms with van der Waals surface area (Å²) in [6, 6.07) is 2.96. The summed E-state index contributed by atoms with van der Waals surface area (Å²) in [5.74, 6) is -0.901. The number of hydrogen-bond acceptors (Lipinski definition) is 4. The van der Waals surface area contributed by atoms with Crippen molar-refractivity contribution in [3.8, 4) is 5.88 Å². The molecule has 1 heterocycles. The van der Waals surface area contributed by atoms with Crippen molar-refractivity contribution < 1.29 is 27.1 Å². The lowest BCUT2D eigenvalue weighted by Gasteiger charge is -2.11. The second kappa shape index (κ2) is 8.13. The van der Waals surface area contributed by atoms with Crippen molar-refractivity contribution in [2.24, 2.45) is 12.2 Å². The molecule has 0 aliphatic carbocycles. The molecule has 0 aliphatic heterocycles. The zero-order chi connectivity index (χ0) is 19.5. The van der Waals surface area contributed by atoms with Crippen LogP contribution in [0.25, 0.3) is 0 Å². The lowest BCUT2D eigenvalue weighted by Crippen LogP contribution is -2.16. The molecule has 0 N–H and O–H groups in total. The molecule has 11 heteroatoms. The van der Waals surface area contributed by atoms with Crippen LogP contribution in [0.4, 0.5) is 17.6 Å². The first-order valence-corrected chi connectivity index (χ1v) is 7.96. The summed E-state index contributed by atoms with van der Waals surface area (Å²) in [4.78, 5) is 4.94. The molecule has 1 aromatic carbocycles. The van der Waals surface area contributed by atoms with Crippen molar-refractivity contribution in [2.45, 2.75) is 13.1 Å². The molecule has 0 aliphatic rings. The van der Waals surface area contributed by atoms with Crippen LogP contribution < -0.4 is 4.74 Å². The van der Waals surface area contributed by atoms with E-state index in [9.17, 15) is 17.6 Å². The van der Waals surface area contributed by atoms with Gasteiger partial charge in [-0.05, 0) is 19.1 Å². The molecular formula is C15H13Cl2F4N3O2. The smallest absolute Gasteiger partial charge is 0.435 e. The molecule has 0 saturated carbocycles. The van der Waals surface area contributed by atoms with E-state index in [0.29, 0.717) is 0 Å². The number of hydrogen-bond donors (Lipinski definition) is 0. The van der Waals surface area contributed by atoms with Gasteiger partial charge in [0.2, 0.25) is 5.88 Å². The average Bonchev–Trinajstić information content (AvgIpc) is 2.93. The quantitative estimate of drug-likeness (QED) is 0.298. The van der Waals surface area contributed by atoms with Crippen molar-refractivity contribution in [1.29, 1.82) is 0 Å². The van der Waals surface area contributed by atoms with Crippen molar-refractivity contribution in [1.82, 2.24) is 9.78 Å². The van der Waals surface area contributed by atoms with E-state index in [1.807, 2.05) is 0 Å². The van der Waals surface area contributed by atoms with Gasteiger partial charge < -0.3 is 9.57 Å². The fraction of sp³-hybridized carbons (Fsp3) is 0.333. The van der Waals surface area contributed by atoms with E-state index in [2.05, 4.69) is 10.3 Å². The molecule has 0 radical (unpaired) electrons. The summed E-state index contributed by atoms with van der Waals surface area (Å²) in [5, 5.41) is 7.02. The van der Waals surface area contributed by atoms with Crippen LogP contribution in [-0.4, -0.2) is 28.7 Å². The van der Waals surface area contributed by atoms with Crippen LogP contribution >= 0.6 is 23.2 Å². The van der Waals surface area contributed by atoms with E-state index in [-0.39, 0.29) is 40.4 Å². The molecule has 0 spiro atoms. The summed E-state index contributed by atoms with van der Waals surface area (Å²) in [6.07, 6.45) is -4.61. The standard InChI is InChI=1S/C15H13Cl2F4N3O2/c1-3-26-23-12(8-4-11(18)10(17)5-9(8)16)7-25-14-6-13(15(19,20)21)22-24(14)2/h4-6H,3,7H2,1-2H3/b23-12+. The summed E-state index contributed by atoms with van der Waals surface area (Å²) in [7, 11) is 1.29. The summed E-state index contributed by atoms with van der Waals surface area (Å²) in [6.45, 7) is 1.54. The third kappa shape index (κ3) is 4.79. The first-order valence-electron chi connectivity index (χ1n) is 7.21. The minimum Gasteiger partial charge on any atom is -0.471 e. The van der Waals surface area contributed by atoms with Gasteiger partial charge in [-0.2, -0.15) is 18.3 Å². The van der Waals surface area contributed by atoms with Crippen LogP contribution in [0, 0.1) is 5.82 Å². The minimum atomic E-state index is -4.61. The Kier molecular flexibility index (Phi) is 6.35. The van der Waals surface area contributed by atoms with Crippen molar-refractivity contribution >= 4 is 28.9 Å². The number of benzene rings is 1. The van der Waals surface area contributed by atoms with Crippen LogP contribution in [0.1, 0.15) is 18.2 Å². The highest BCUT2D eigenvalue weighted by Gasteiger charge is 2.35. The molecule has 0 fully saturated rings. The van der Waals surface area contributed by atoms with Gasteiger partial charge in [-0.3, -0.25) is 0 Å². The van der Waals surface area contributed by atoms with Crippen LogP contribution in [0.5, 0.6) is 5.88 Å². The minimum absolute atomic E-state index is 0.0715. The molecule has 0 unspecified atom stereocenters. The summed E-state index contributed by atoms with van der Waals surface area (Å²) >= 11 is 11.7. The maximum Gasteiger partial charge on any atom is 0.435 e. The highest BCUT2D eigenvalue weighted by Crippen LogP contribution is 2.30. The monoisotopic (exact) mass is 413 g/mol. The zero-order valence-corrected chi connectivity index (χ0v) is 15.1. The molecule has 0 atom stereocenters. The summed E-state index contributed by atoms with van der Waals surface area (Å²) < 4.78 is 58.1. The average molecular weight is 414 g/mol. The number of alkyl halides is 3. The van der Waals surface area contributed by atoms with Crippen molar-refractivity contribution in [2.75, 3.05) is 13.2 Å². The molecule has 1 aromatic heterocycles. The van der Waals surface area contributed by atoms with Crippen LogP contribution in [0.3, 0.4) is 0 Å². The van der Waals surface area contributed by atoms with Crippen LogP contribution in [0.2, 0.25) is 10.0 Å². The maximum absolute atomic E-state index is 13.7. The van der Waals surface area contributed by atoms with Gasteiger partial charge in [-0.25, -0.2) is 9.07 Å². The Labute approximate surface area is 156 Å². The second-order valence-electron chi connectivity index (χ2n) is 4.98. The molecule has 0 bridgehead atoms. The highest BCUT2D eigenvalue weighted by molar-refractivity contribution is 6.37. The van der Waals surface area contributed by atoms with E-state index in [4.69, 9.17) is 32.8 Å². The molecule has 5 nitrogen and oxygen atoms in total. The van der Waals surface area contributed by atoms with E-state index in [0.717, 1.165) is 16.8 Å². The number of ether oxygens (including phenoxy) is 1. The number of aromatic nitrogens is 2. The topological polar surface area (TPSA) is 48.6 Å². The van der Waals surface area contributed by atoms with Gasteiger partial charge >= 0.3 is 6.18 Å². The first-order chi connectivity index (χ1) is 12.1. The third-order valence-electron chi connectivity index (χ3n) is 3.11. The highest BCUT2D eigenvalue weighted by atomic mass is 35.5. The Morgan fingerprint density at radius 1 is 1.23 bits per heavy atom. The zero-order valence-electron chi connectivity index (χ0n) is 13.6. The first kappa shape index (κ1) is 20.3. The lowest BCUT2D eigenvalue weighted by molar-refractivity contribution is -0.141. The van der Waals surface area contributed by atoms with Gasteiger partial charge in [0.15, 0.2) is 5.69 Å². The van der Waals surface area contributed by atoms with Gasteiger partial charge in [-0.15, -0.1) is 0 Å². The molecule has 2 rings (SSSR count). The Balaban J connectivity index is 2.28. The molecular weight excluding hydrogens is 401 g/mol. The maximum atomic E-state index is 13.7. The number of oxime groups is 1.